The molecule has 0 spiro atoms. The minimum absolute atomic E-state index is 0.0862. The van der Waals surface area contributed by atoms with Gasteiger partial charge in [0.25, 0.3) is 5.91 Å². The lowest BCUT2D eigenvalue weighted by molar-refractivity contribution is -0.138. The summed E-state index contributed by atoms with van der Waals surface area (Å²) in [5, 5.41) is 5.90. The molecule has 2 atom stereocenters. The highest BCUT2D eigenvalue weighted by Crippen LogP contribution is 2.39. The molecule has 36 heavy (non-hydrogen) atoms. The molecule has 3 aliphatic rings. The summed E-state index contributed by atoms with van der Waals surface area (Å²) in [7, 11) is 0. The number of hydrogen-bond acceptors (Lipinski definition) is 3. The highest BCUT2D eigenvalue weighted by atomic mass is 19.4. The number of nitrogens with one attached hydrogen (secondary N) is 2. The van der Waals surface area contributed by atoms with E-state index in [-0.39, 0.29) is 30.3 Å². The fourth-order valence-electron chi connectivity index (χ4n) is 5.52. The summed E-state index contributed by atoms with van der Waals surface area (Å²) >= 11 is 0. The number of carbonyl (C=O) groups excluding carboxylic acids is 3. The molecule has 0 radical (unpaired) electrons. The Bertz CT molecular complexity index is 1050. The molecule has 0 saturated heterocycles. The maximum Gasteiger partial charge on any atom is 0.416 e. The number of urea groups is 1. The highest BCUT2D eigenvalue weighted by Gasteiger charge is 2.47. The minimum Gasteiger partial charge on any atom is -0.352 e. The van der Waals surface area contributed by atoms with Crippen LogP contribution in [0, 0.1) is 5.92 Å². The molecular weight excluding hydrogens is 473 g/mol. The van der Waals surface area contributed by atoms with E-state index >= 15 is 0 Å². The van der Waals surface area contributed by atoms with Crippen LogP contribution < -0.4 is 10.6 Å². The number of alkyl halides is 3. The van der Waals surface area contributed by atoms with Crippen LogP contribution in [0.25, 0.3) is 0 Å². The second kappa shape index (κ2) is 10.1. The van der Waals surface area contributed by atoms with E-state index in [1.165, 1.54) is 21.9 Å². The monoisotopic (exact) mass is 506 g/mol. The zero-order chi connectivity index (χ0) is 26.2. The van der Waals surface area contributed by atoms with Gasteiger partial charge in [-0.3, -0.25) is 14.5 Å². The summed E-state index contributed by atoms with van der Waals surface area (Å²) in [6, 6.07) is 2.49. The predicted octanol–water partition coefficient (Wildman–Crippen LogP) is 4.36. The van der Waals surface area contributed by atoms with E-state index in [1.54, 1.807) is 6.92 Å². The Morgan fingerprint density at radius 3 is 2.31 bits per heavy atom. The molecule has 0 unspecified atom stereocenters. The average molecular weight is 507 g/mol. The molecule has 1 saturated carbocycles. The van der Waals surface area contributed by atoms with Crippen molar-refractivity contribution in [1.29, 1.82) is 0 Å². The Balaban J connectivity index is 1.64. The Morgan fingerprint density at radius 2 is 1.75 bits per heavy atom. The van der Waals surface area contributed by atoms with Crippen molar-refractivity contribution in [1.82, 2.24) is 20.4 Å². The molecule has 1 aromatic rings. The zero-order valence-electron chi connectivity index (χ0n) is 20.8. The molecule has 1 aromatic carbocycles. The lowest BCUT2D eigenvalue weighted by Crippen LogP contribution is -2.53. The van der Waals surface area contributed by atoms with Gasteiger partial charge in [-0.05, 0) is 43.4 Å². The summed E-state index contributed by atoms with van der Waals surface area (Å²) in [6.45, 7) is 5.94. The average Bonchev–Trinajstić information content (AvgIpc) is 3.15. The van der Waals surface area contributed by atoms with Gasteiger partial charge in [-0.2, -0.15) is 13.2 Å². The van der Waals surface area contributed by atoms with E-state index in [2.05, 4.69) is 10.6 Å². The number of carbonyl (C=O) groups is 3. The molecule has 4 amide bonds. The molecule has 196 valence electrons. The third-order valence-corrected chi connectivity index (χ3v) is 7.32. The van der Waals surface area contributed by atoms with Crippen LogP contribution in [0.4, 0.5) is 18.0 Å². The van der Waals surface area contributed by atoms with Crippen LogP contribution in [-0.4, -0.2) is 52.8 Å². The molecule has 2 N–H and O–H groups in total. The lowest BCUT2D eigenvalue weighted by Gasteiger charge is -2.33. The first-order chi connectivity index (χ1) is 17.0. The first-order valence-corrected chi connectivity index (χ1v) is 12.6. The standard InChI is InChI=1S/C26H33F3N4O3/c1-4-32-19-14-33(22(15(2)3)23(34)30-18-8-6-5-7-9-18)24(35)20(19)21(31-25(32)36)16-10-12-17(13-11-16)26(27,28)29/h10-13,15,18,21-22H,4-9,14H2,1-3H3,(H,30,34)(H,31,36)/t21-,22+/m1/s1. The molecule has 7 nitrogen and oxygen atoms in total. The summed E-state index contributed by atoms with van der Waals surface area (Å²) in [6.07, 6.45) is 0.608. The second-order valence-electron chi connectivity index (χ2n) is 10.1. The number of amides is 4. The molecule has 4 rings (SSSR count). The van der Waals surface area contributed by atoms with E-state index in [0.717, 1.165) is 44.2 Å². The van der Waals surface area contributed by atoms with Crippen LogP contribution in [0.2, 0.25) is 0 Å². The van der Waals surface area contributed by atoms with Crippen molar-refractivity contribution in [3.8, 4) is 0 Å². The Kier molecular flexibility index (Phi) is 7.33. The minimum atomic E-state index is -4.49. The lowest BCUT2D eigenvalue weighted by atomic mass is 9.93. The molecule has 2 heterocycles. The van der Waals surface area contributed by atoms with Gasteiger partial charge in [0.15, 0.2) is 0 Å². The molecule has 1 fully saturated rings. The highest BCUT2D eigenvalue weighted by molar-refractivity contribution is 6.03. The Morgan fingerprint density at radius 1 is 1.11 bits per heavy atom. The predicted molar refractivity (Wildman–Crippen MR) is 127 cm³/mol. The number of hydrogen-bond donors (Lipinski definition) is 2. The Labute approximate surface area is 209 Å². The molecular formula is C26H33F3N4O3. The van der Waals surface area contributed by atoms with Gasteiger partial charge in [0.1, 0.15) is 6.04 Å². The first-order valence-electron chi connectivity index (χ1n) is 12.6. The summed E-state index contributed by atoms with van der Waals surface area (Å²) in [4.78, 5) is 43.0. The maximum atomic E-state index is 13.8. The van der Waals surface area contributed by atoms with Crippen LogP contribution in [0.15, 0.2) is 35.5 Å². The number of benzene rings is 1. The third-order valence-electron chi connectivity index (χ3n) is 7.32. The molecule has 10 heteroatoms. The van der Waals surface area contributed by atoms with E-state index in [9.17, 15) is 27.6 Å². The van der Waals surface area contributed by atoms with Gasteiger partial charge in [-0.1, -0.05) is 45.2 Å². The van der Waals surface area contributed by atoms with Crippen LogP contribution >= 0.6 is 0 Å². The van der Waals surface area contributed by atoms with E-state index in [4.69, 9.17) is 0 Å². The van der Waals surface area contributed by atoms with Gasteiger partial charge in [0.05, 0.1) is 29.4 Å². The normalized spacial score (nSPS) is 22.1. The van der Waals surface area contributed by atoms with Crippen molar-refractivity contribution in [2.75, 3.05) is 13.1 Å². The van der Waals surface area contributed by atoms with Crippen molar-refractivity contribution in [3.05, 3.63) is 46.7 Å². The van der Waals surface area contributed by atoms with Crippen molar-refractivity contribution < 1.29 is 27.6 Å². The second-order valence-corrected chi connectivity index (χ2v) is 10.1. The van der Waals surface area contributed by atoms with Crippen molar-refractivity contribution in [2.24, 2.45) is 5.92 Å². The van der Waals surface area contributed by atoms with Crippen LogP contribution in [0.5, 0.6) is 0 Å². The smallest absolute Gasteiger partial charge is 0.352 e. The van der Waals surface area contributed by atoms with Gasteiger partial charge in [-0.15, -0.1) is 0 Å². The van der Waals surface area contributed by atoms with Crippen molar-refractivity contribution in [2.45, 2.75) is 77.2 Å². The van der Waals surface area contributed by atoms with Gasteiger partial charge in [0, 0.05) is 12.6 Å². The van der Waals surface area contributed by atoms with Crippen LogP contribution in [0.1, 0.15) is 70.0 Å². The quantitative estimate of drug-likeness (QED) is 0.602. The van der Waals surface area contributed by atoms with E-state index in [1.807, 2.05) is 13.8 Å². The third kappa shape index (κ3) is 4.95. The van der Waals surface area contributed by atoms with E-state index < -0.39 is 29.9 Å². The molecule has 0 aromatic heterocycles. The largest absolute Gasteiger partial charge is 0.416 e. The molecule has 1 aliphatic carbocycles. The van der Waals surface area contributed by atoms with Gasteiger partial charge in [0.2, 0.25) is 5.91 Å². The fraction of sp³-hybridized carbons (Fsp3) is 0.577. The van der Waals surface area contributed by atoms with Gasteiger partial charge >= 0.3 is 12.2 Å². The molecule has 2 aliphatic heterocycles. The SMILES string of the molecule is CCN1C(=O)N[C@H](c2ccc(C(F)(F)F)cc2)C2=C1CN([C@H](C(=O)NC1CCCCC1)C(C)C)C2=O. The fourth-order valence-corrected chi connectivity index (χ4v) is 5.52. The van der Waals surface area contributed by atoms with Gasteiger partial charge in [-0.25, -0.2) is 4.79 Å². The number of nitrogens with zero attached hydrogens (tertiary/aromatic N) is 2. The van der Waals surface area contributed by atoms with Gasteiger partial charge < -0.3 is 15.5 Å². The number of rotatable bonds is 6. The summed E-state index contributed by atoms with van der Waals surface area (Å²) in [5.74, 6) is -0.772. The number of likely N-dealkylation sites (N-methyl/N-ethyl adjacent to an activating group) is 1. The maximum absolute atomic E-state index is 13.8. The Hall–Kier alpha value is -3.04. The van der Waals surface area contributed by atoms with Crippen molar-refractivity contribution in [3.63, 3.8) is 0 Å². The summed E-state index contributed by atoms with van der Waals surface area (Å²) in [5.41, 5.74) is 0.360. The van der Waals surface area contributed by atoms with E-state index in [0.29, 0.717) is 23.4 Å². The topological polar surface area (TPSA) is 81.8 Å². The van der Waals surface area contributed by atoms with Crippen molar-refractivity contribution >= 4 is 17.8 Å². The summed E-state index contributed by atoms with van der Waals surface area (Å²) < 4.78 is 39.2. The number of halogens is 3. The zero-order valence-corrected chi connectivity index (χ0v) is 20.8. The van der Waals surface area contributed by atoms with Crippen LogP contribution in [0.3, 0.4) is 0 Å². The molecule has 0 bridgehead atoms. The van der Waals surface area contributed by atoms with Crippen LogP contribution in [-0.2, 0) is 15.8 Å². The first kappa shape index (κ1) is 26.0.